The van der Waals surface area contributed by atoms with Gasteiger partial charge >= 0.3 is 0 Å². The lowest BCUT2D eigenvalue weighted by atomic mass is 10.2. The van der Waals surface area contributed by atoms with Gasteiger partial charge in [0.25, 0.3) is 0 Å². The zero-order valence-electron chi connectivity index (χ0n) is 11.7. The molecule has 21 heavy (non-hydrogen) atoms. The van der Waals surface area contributed by atoms with Gasteiger partial charge in [0.05, 0.1) is 23.0 Å². The molecule has 0 bridgehead atoms. The third-order valence-electron chi connectivity index (χ3n) is 3.41. The molecule has 0 N–H and O–H groups in total. The second-order valence-corrected chi connectivity index (χ2v) is 5.98. The number of hydrogen-bond acceptors (Lipinski definition) is 4. The Labute approximate surface area is 131 Å². The average molecular weight is 317 g/mol. The second kappa shape index (κ2) is 5.47. The highest BCUT2D eigenvalue weighted by Gasteiger charge is 2.20. The third kappa shape index (κ3) is 2.31. The fourth-order valence-corrected chi connectivity index (χ4v) is 3.49. The normalized spacial score (nSPS) is 12.5. The molecule has 106 valence electrons. The van der Waals surface area contributed by atoms with E-state index in [0.717, 1.165) is 22.0 Å². The van der Waals surface area contributed by atoms with Crippen LogP contribution in [0.2, 0.25) is 0 Å². The molecule has 0 amide bonds. The number of nitrogens with zero attached hydrogens (tertiary/aromatic N) is 4. The number of aromatic nitrogens is 3. The Morgan fingerprint density at radius 2 is 2.24 bits per heavy atom. The molecule has 3 rings (SSSR count). The van der Waals surface area contributed by atoms with Crippen molar-refractivity contribution in [3.05, 3.63) is 45.7 Å². The van der Waals surface area contributed by atoms with E-state index >= 15 is 0 Å². The summed E-state index contributed by atoms with van der Waals surface area (Å²) in [6, 6.07) is 7.84. The molecule has 0 saturated carbocycles. The Morgan fingerprint density at radius 3 is 2.86 bits per heavy atom. The van der Waals surface area contributed by atoms with Gasteiger partial charge in [0.15, 0.2) is 0 Å². The monoisotopic (exact) mass is 316 g/mol. The molecule has 4 nitrogen and oxygen atoms in total. The number of halogens is 1. The standard InChI is InChI=1S/C15H13ClN4S/c1-9-8-21-15(18-9)10(2)20-12-5-3-4-11(7-17)14(12)19-13(20)6-16/h3-5,8,10H,6H2,1-2H3. The summed E-state index contributed by atoms with van der Waals surface area (Å²) in [5, 5.41) is 12.3. The van der Waals surface area contributed by atoms with Crippen molar-refractivity contribution < 1.29 is 0 Å². The Bertz CT molecular complexity index is 843. The summed E-state index contributed by atoms with van der Waals surface area (Å²) in [6.45, 7) is 4.06. The first-order chi connectivity index (χ1) is 10.2. The van der Waals surface area contributed by atoms with Crippen LogP contribution in [0.1, 0.15) is 35.1 Å². The van der Waals surface area contributed by atoms with Crippen molar-refractivity contribution in [1.82, 2.24) is 14.5 Å². The molecule has 0 radical (unpaired) electrons. The third-order valence-corrected chi connectivity index (χ3v) is 4.79. The molecule has 0 fully saturated rings. The van der Waals surface area contributed by atoms with Gasteiger partial charge in [-0.2, -0.15) is 5.26 Å². The predicted octanol–water partition coefficient (Wildman–Crippen LogP) is 4.02. The molecule has 0 aliphatic carbocycles. The number of thiazole rings is 1. The minimum Gasteiger partial charge on any atom is -0.317 e. The quantitative estimate of drug-likeness (QED) is 0.686. The van der Waals surface area contributed by atoms with Gasteiger partial charge in [-0.25, -0.2) is 9.97 Å². The molecule has 1 aromatic carbocycles. The maximum absolute atomic E-state index is 9.22. The molecule has 2 heterocycles. The van der Waals surface area contributed by atoms with Crippen molar-refractivity contribution in [1.29, 1.82) is 5.26 Å². The maximum Gasteiger partial charge on any atom is 0.125 e. The van der Waals surface area contributed by atoms with Gasteiger partial charge in [-0.05, 0) is 26.0 Å². The summed E-state index contributed by atoms with van der Waals surface area (Å²) < 4.78 is 2.07. The molecule has 0 aliphatic rings. The Morgan fingerprint density at radius 1 is 1.43 bits per heavy atom. The van der Waals surface area contributed by atoms with Crippen molar-refractivity contribution in [2.45, 2.75) is 25.8 Å². The molecule has 6 heteroatoms. The van der Waals surface area contributed by atoms with E-state index in [1.54, 1.807) is 17.4 Å². The van der Waals surface area contributed by atoms with E-state index in [2.05, 4.69) is 27.5 Å². The van der Waals surface area contributed by atoms with Crippen LogP contribution < -0.4 is 0 Å². The smallest absolute Gasteiger partial charge is 0.125 e. The van der Waals surface area contributed by atoms with E-state index in [1.165, 1.54) is 0 Å². The molecule has 3 aromatic rings. The van der Waals surface area contributed by atoms with Crippen LogP contribution in [0.4, 0.5) is 0 Å². The number of aryl methyl sites for hydroxylation is 1. The van der Waals surface area contributed by atoms with E-state index in [9.17, 15) is 5.26 Å². The summed E-state index contributed by atoms with van der Waals surface area (Å²) >= 11 is 7.68. The molecule has 0 spiro atoms. The van der Waals surface area contributed by atoms with Crippen LogP contribution >= 0.6 is 22.9 Å². The lowest BCUT2D eigenvalue weighted by molar-refractivity contribution is 0.628. The number of rotatable bonds is 3. The van der Waals surface area contributed by atoms with E-state index in [0.29, 0.717) is 17.0 Å². The zero-order chi connectivity index (χ0) is 15.0. The summed E-state index contributed by atoms with van der Waals surface area (Å²) in [4.78, 5) is 9.09. The van der Waals surface area contributed by atoms with E-state index < -0.39 is 0 Å². The van der Waals surface area contributed by atoms with Crippen molar-refractivity contribution in [2.24, 2.45) is 0 Å². The van der Waals surface area contributed by atoms with Crippen molar-refractivity contribution >= 4 is 34.0 Å². The lowest BCUT2D eigenvalue weighted by Gasteiger charge is -2.14. The summed E-state index contributed by atoms with van der Waals surface area (Å²) in [7, 11) is 0. The van der Waals surface area contributed by atoms with Crippen LogP contribution in [0, 0.1) is 18.3 Å². The van der Waals surface area contributed by atoms with Crippen LogP contribution in [-0.4, -0.2) is 14.5 Å². The largest absolute Gasteiger partial charge is 0.317 e. The number of fused-ring (bicyclic) bond motifs is 1. The van der Waals surface area contributed by atoms with Crippen molar-refractivity contribution in [3.63, 3.8) is 0 Å². The summed E-state index contributed by atoms with van der Waals surface area (Å²) in [6.07, 6.45) is 0. The fourth-order valence-electron chi connectivity index (χ4n) is 2.46. The molecule has 1 unspecified atom stereocenters. The van der Waals surface area contributed by atoms with Gasteiger partial charge in [-0.15, -0.1) is 22.9 Å². The van der Waals surface area contributed by atoms with Crippen LogP contribution in [-0.2, 0) is 5.88 Å². The first kappa shape index (κ1) is 14.1. The minimum atomic E-state index is 0.0383. The van der Waals surface area contributed by atoms with E-state index in [1.807, 2.05) is 24.4 Å². The summed E-state index contributed by atoms with van der Waals surface area (Å²) in [5.41, 5.74) is 3.21. The molecule has 0 saturated heterocycles. The number of benzene rings is 1. The van der Waals surface area contributed by atoms with Gasteiger partial charge < -0.3 is 4.57 Å². The first-order valence-corrected chi connectivity index (χ1v) is 7.95. The lowest BCUT2D eigenvalue weighted by Crippen LogP contribution is -2.09. The summed E-state index contributed by atoms with van der Waals surface area (Å²) in [5.74, 6) is 1.06. The van der Waals surface area contributed by atoms with Crippen LogP contribution in [0.3, 0.4) is 0 Å². The fraction of sp³-hybridized carbons (Fsp3) is 0.267. The number of para-hydroxylation sites is 1. The highest BCUT2D eigenvalue weighted by Crippen LogP contribution is 2.29. The number of imidazole rings is 1. The highest BCUT2D eigenvalue weighted by molar-refractivity contribution is 7.09. The van der Waals surface area contributed by atoms with Gasteiger partial charge in [0.1, 0.15) is 22.4 Å². The number of hydrogen-bond donors (Lipinski definition) is 0. The highest BCUT2D eigenvalue weighted by atomic mass is 35.5. The van der Waals surface area contributed by atoms with Crippen LogP contribution in [0.5, 0.6) is 0 Å². The van der Waals surface area contributed by atoms with Crippen LogP contribution in [0.25, 0.3) is 11.0 Å². The Kier molecular flexibility index (Phi) is 3.66. The second-order valence-electron chi connectivity index (χ2n) is 4.82. The van der Waals surface area contributed by atoms with Gasteiger partial charge in [0.2, 0.25) is 0 Å². The molecular formula is C15H13ClN4S. The Hall–Kier alpha value is -1.90. The van der Waals surface area contributed by atoms with Crippen LogP contribution in [0.15, 0.2) is 23.6 Å². The molecule has 0 aliphatic heterocycles. The maximum atomic E-state index is 9.22. The van der Waals surface area contributed by atoms with Crippen molar-refractivity contribution in [2.75, 3.05) is 0 Å². The number of nitriles is 1. The topological polar surface area (TPSA) is 54.5 Å². The SMILES string of the molecule is Cc1csc(C(C)n2c(CCl)nc3c(C#N)cccc32)n1. The zero-order valence-corrected chi connectivity index (χ0v) is 13.2. The number of alkyl halides is 1. The van der Waals surface area contributed by atoms with Gasteiger partial charge in [0, 0.05) is 11.1 Å². The average Bonchev–Trinajstić information content (AvgIpc) is 3.09. The molecular weight excluding hydrogens is 304 g/mol. The van der Waals surface area contributed by atoms with E-state index in [4.69, 9.17) is 11.6 Å². The van der Waals surface area contributed by atoms with Gasteiger partial charge in [-0.1, -0.05) is 6.07 Å². The minimum absolute atomic E-state index is 0.0383. The Balaban J connectivity index is 2.24. The predicted molar refractivity (Wildman–Crippen MR) is 84.7 cm³/mol. The van der Waals surface area contributed by atoms with E-state index in [-0.39, 0.29) is 6.04 Å². The molecule has 2 aromatic heterocycles. The van der Waals surface area contributed by atoms with Crippen molar-refractivity contribution in [3.8, 4) is 6.07 Å². The van der Waals surface area contributed by atoms with Gasteiger partial charge in [-0.3, -0.25) is 0 Å². The molecule has 1 atom stereocenters. The first-order valence-electron chi connectivity index (χ1n) is 6.53.